The SMILES string of the molecule is NCc1ccc2ccn(C3CCN(Cc4ccccc4)CC3)c2c1. The lowest BCUT2D eigenvalue weighted by molar-refractivity contribution is 0.181. The van der Waals surface area contributed by atoms with Crippen molar-refractivity contribution in [1.29, 1.82) is 0 Å². The van der Waals surface area contributed by atoms with Gasteiger partial charge in [-0.15, -0.1) is 0 Å². The normalized spacial score (nSPS) is 16.7. The van der Waals surface area contributed by atoms with Crippen LogP contribution in [0.3, 0.4) is 0 Å². The summed E-state index contributed by atoms with van der Waals surface area (Å²) in [7, 11) is 0. The Kier molecular flexibility index (Phi) is 4.37. The fourth-order valence-corrected chi connectivity index (χ4v) is 3.84. The van der Waals surface area contributed by atoms with Gasteiger partial charge in [-0.1, -0.05) is 42.5 Å². The fraction of sp³-hybridized carbons (Fsp3) is 0.333. The number of hydrogen-bond donors (Lipinski definition) is 1. The molecule has 2 aromatic carbocycles. The summed E-state index contributed by atoms with van der Waals surface area (Å²) in [5, 5.41) is 1.32. The topological polar surface area (TPSA) is 34.2 Å². The second-order valence-electron chi connectivity index (χ2n) is 6.81. The summed E-state index contributed by atoms with van der Waals surface area (Å²) in [6.07, 6.45) is 4.68. The quantitative estimate of drug-likeness (QED) is 0.790. The van der Waals surface area contributed by atoms with Crippen LogP contribution < -0.4 is 5.73 Å². The van der Waals surface area contributed by atoms with Crippen molar-refractivity contribution in [3.8, 4) is 0 Å². The Hall–Kier alpha value is -2.10. The molecule has 0 atom stereocenters. The number of fused-ring (bicyclic) bond motifs is 1. The molecule has 3 nitrogen and oxygen atoms in total. The van der Waals surface area contributed by atoms with Crippen LogP contribution in [0.25, 0.3) is 10.9 Å². The monoisotopic (exact) mass is 319 g/mol. The first kappa shape index (κ1) is 15.4. The summed E-state index contributed by atoms with van der Waals surface area (Å²) < 4.78 is 2.47. The Morgan fingerprint density at radius 2 is 1.71 bits per heavy atom. The van der Waals surface area contributed by atoms with Crippen LogP contribution in [0, 0.1) is 0 Å². The van der Waals surface area contributed by atoms with Gasteiger partial charge in [0.1, 0.15) is 0 Å². The predicted octanol–water partition coefficient (Wildman–Crippen LogP) is 3.94. The third kappa shape index (κ3) is 3.10. The maximum Gasteiger partial charge on any atom is 0.0486 e. The van der Waals surface area contributed by atoms with Crippen molar-refractivity contribution in [2.45, 2.75) is 32.0 Å². The first-order valence-electron chi connectivity index (χ1n) is 8.89. The highest BCUT2D eigenvalue weighted by Crippen LogP contribution is 2.29. The van der Waals surface area contributed by atoms with Crippen molar-refractivity contribution in [3.05, 3.63) is 71.9 Å². The summed E-state index contributed by atoms with van der Waals surface area (Å²) in [6, 6.07) is 20.2. The molecule has 0 bridgehead atoms. The van der Waals surface area contributed by atoms with E-state index in [2.05, 4.69) is 70.3 Å². The van der Waals surface area contributed by atoms with Crippen molar-refractivity contribution in [2.75, 3.05) is 13.1 Å². The number of nitrogens with two attached hydrogens (primary N) is 1. The van der Waals surface area contributed by atoms with E-state index in [-0.39, 0.29) is 0 Å². The Morgan fingerprint density at radius 3 is 2.46 bits per heavy atom. The van der Waals surface area contributed by atoms with Crippen LogP contribution in [0.5, 0.6) is 0 Å². The van der Waals surface area contributed by atoms with Crippen LogP contribution in [-0.4, -0.2) is 22.6 Å². The molecule has 1 saturated heterocycles. The summed E-state index contributed by atoms with van der Waals surface area (Å²) in [5.74, 6) is 0. The molecular weight excluding hydrogens is 294 g/mol. The summed E-state index contributed by atoms with van der Waals surface area (Å²) in [4.78, 5) is 2.57. The minimum Gasteiger partial charge on any atom is -0.344 e. The van der Waals surface area contributed by atoms with E-state index in [1.54, 1.807) is 0 Å². The molecule has 0 saturated carbocycles. The first-order valence-corrected chi connectivity index (χ1v) is 8.89. The molecule has 2 heterocycles. The minimum atomic E-state index is 0.600. The number of likely N-dealkylation sites (tertiary alicyclic amines) is 1. The standard InChI is InChI=1S/C21H25N3/c22-15-18-6-7-19-8-13-24(21(19)14-18)20-9-11-23(12-10-20)16-17-4-2-1-3-5-17/h1-8,13-14,20H,9-12,15-16,22H2. The Labute approximate surface area is 143 Å². The van der Waals surface area contributed by atoms with E-state index in [0.717, 1.165) is 19.6 Å². The average Bonchev–Trinajstić information content (AvgIpc) is 3.06. The van der Waals surface area contributed by atoms with Gasteiger partial charge < -0.3 is 10.3 Å². The van der Waals surface area contributed by atoms with Gasteiger partial charge in [0.2, 0.25) is 0 Å². The molecule has 0 amide bonds. The second-order valence-corrected chi connectivity index (χ2v) is 6.81. The summed E-state index contributed by atoms with van der Waals surface area (Å²) >= 11 is 0. The van der Waals surface area contributed by atoms with Gasteiger partial charge in [-0.05, 0) is 41.5 Å². The van der Waals surface area contributed by atoms with E-state index in [9.17, 15) is 0 Å². The molecule has 0 aliphatic carbocycles. The highest BCUT2D eigenvalue weighted by molar-refractivity contribution is 5.81. The zero-order chi connectivity index (χ0) is 16.4. The van der Waals surface area contributed by atoms with E-state index >= 15 is 0 Å². The van der Waals surface area contributed by atoms with Gasteiger partial charge >= 0.3 is 0 Å². The molecule has 0 spiro atoms. The maximum absolute atomic E-state index is 5.81. The highest BCUT2D eigenvalue weighted by atomic mass is 15.1. The van der Waals surface area contributed by atoms with Gasteiger partial charge in [-0.3, -0.25) is 4.90 Å². The molecule has 4 rings (SSSR count). The Balaban J connectivity index is 1.46. The molecule has 0 unspecified atom stereocenters. The van der Waals surface area contributed by atoms with Gasteiger partial charge in [-0.2, -0.15) is 0 Å². The largest absolute Gasteiger partial charge is 0.344 e. The van der Waals surface area contributed by atoms with Crippen molar-refractivity contribution >= 4 is 10.9 Å². The van der Waals surface area contributed by atoms with Crippen LogP contribution in [-0.2, 0) is 13.1 Å². The van der Waals surface area contributed by atoms with Crippen molar-refractivity contribution in [1.82, 2.24) is 9.47 Å². The molecule has 1 fully saturated rings. The fourth-order valence-electron chi connectivity index (χ4n) is 3.84. The van der Waals surface area contributed by atoms with E-state index in [4.69, 9.17) is 5.73 Å². The lowest BCUT2D eigenvalue weighted by Gasteiger charge is -2.33. The number of piperidine rings is 1. The molecule has 24 heavy (non-hydrogen) atoms. The molecule has 2 N–H and O–H groups in total. The van der Waals surface area contributed by atoms with Gasteiger partial charge in [-0.25, -0.2) is 0 Å². The summed E-state index contributed by atoms with van der Waals surface area (Å²) in [5.41, 5.74) is 9.77. The average molecular weight is 319 g/mol. The van der Waals surface area contributed by atoms with E-state index in [0.29, 0.717) is 12.6 Å². The third-order valence-corrected chi connectivity index (χ3v) is 5.22. The zero-order valence-electron chi connectivity index (χ0n) is 14.1. The van der Waals surface area contributed by atoms with Crippen LogP contribution >= 0.6 is 0 Å². The van der Waals surface area contributed by atoms with Crippen molar-refractivity contribution < 1.29 is 0 Å². The molecule has 1 aliphatic rings. The van der Waals surface area contributed by atoms with Crippen LogP contribution in [0.4, 0.5) is 0 Å². The minimum absolute atomic E-state index is 0.600. The van der Waals surface area contributed by atoms with E-state index < -0.39 is 0 Å². The lowest BCUT2D eigenvalue weighted by atomic mass is 10.0. The number of benzene rings is 2. The molecule has 0 radical (unpaired) electrons. The third-order valence-electron chi connectivity index (χ3n) is 5.22. The van der Waals surface area contributed by atoms with Crippen LogP contribution in [0.15, 0.2) is 60.8 Å². The molecule has 124 valence electrons. The smallest absolute Gasteiger partial charge is 0.0486 e. The van der Waals surface area contributed by atoms with E-state index in [1.165, 1.54) is 34.9 Å². The van der Waals surface area contributed by atoms with Gasteiger partial charge in [0.05, 0.1) is 0 Å². The van der Waals surface area contributed by atoms with Crippen LogP contribution in [0.2, 0.25) is 0 Å². The highest BCUT2D eigenvalue weighted by Gasteiger charge is 2.21. The molecular formula is C21H25N3. The molecule has 1 aromatic heterocycles. The molecule has 3 aromatic rings. The maximum atomic E-state index is 5.81. The molecule has 3 heteroatoms. The van der Waals surface area contributed by atoms with Crippen LogP contribution in [0.1, 0.15) is 30.0 Å². The second kappa shape index (κ2) is 6.80. The van der Waals surface area contributed by atoms with Gasteiger partial charge in [0, 0.05) is 43.9 Å². The lowest BCUT2D eigenvalue weighted by Crippen LogP contribution is -2.34. The van der Waals surface area contributed by atoms with E-state index in [1.807, 2.05) is 0 Å². The van der Waals surface area contributed by atoms with Gasteiger partial charge in [0.25, 0.3) is 0 Å². The number of nitrogens with zero attached hydrogens (tertiary/aromatic N) is 2. The summed E-state index contributed by atoms with van der Waals surface area (Å²) in [6.45, 7) is 4.00. The Morgan fingerprint density at radius 1 is 0.917 bits per heavy atom. The number of hydrogen-bond acceptors (Lipinski definition) is 2. The number of aromatic nitrogens is 1. The van der Waals surface area contributed by atoms with Gasteiger partial charge in [0.15, 0.2) is 0 Å². The van der Waals surface area contributed by atoms with Crippen molar-refractivity contribution in [2.24, 2.45) is 5.73 Å². The predicted molar refractivity (Wildman–Crippen MR) is 99.8 cm³/mol. The molecule has 1 aliphatic heterocycles. The Bertz CT molecular complexity index is 798. The number of rotatable bonds is 4. The first-order chi connectivity index (χ1) is 11.8. The van der Waals surface area contributed by atoms with Crippen molar-refractivity contribution in [3.63, 3.8) is 0 Å². The zero-order valence-corrected chi connectivity index (χ0v) is 14.1.